The van der Waals surface area contributed by atoms with Crippen molar-refractivity contribution in [3.8, 4) is 11.5 Å². The Morgan fingerprint density at radius 2 is 2.00 bits per heavy atom. The SMILES string of the molecule is CC(C)Oc1ccc(COc2ccc3c(c2)c(I)c2n3CCC2CC(=O)O)cc1C(F)(F)F. The lowest BCUT2D eigenvalue weighted by molar-refractivity contribution is -0.139. The van der Waals surface area contributed by atoms with Crippen LogP contribution < -0.4 is 9.47 Å². The summed E-state index contributed by atoms with van der Waals surface area (Å²) in [7, 11) is 0. The van der Waals surface area contributed by atoms with Gasteiger partial charge in [0.1, 0.15) is 18.1 Å². The van der Waals surface area contributed by atoms with Crippen LogP contribution in [0.25, 0.3) is 10.9 Å². The van der Waals surface area contributed by atoms with Gasteiger partial charge in [-0.05, 0) is 78.8 Å². The molecule has 1 unspecified atom stereocenters. The molecule has 0 spiro atoms. The minimum atomic E-state index is -4.53. The van der Waals surface area contributed by atoms with Crippen LogP contribution >= 0.6 is 22.6 Å². The number of aryl methyl sites for hydroxylation is 1. The fourth-order valence-electron chi connectivity index (χ4n) is 4.29. The first-order valence-electron chi connectivity index (χ1n) is 10.6. The van der Waals surface area contributed by atoms with Gasteiger partial charge in [0.2, 0.25) is 0 Å². The summed E-state index contributed by atoms with van der Waals surface area (Å²) in [5, 5.41) is 10.2. The first-order chi connectivity index (χ1) is 15.5. The fraction of sp³-hybridized carbons (Fsp3) is 0.375. The molecule has 1 aliphatic heterocycles. The Balaban J connectivity index is 1.57. The summed E-state index contributed by atoms with van der Waals surface area (Å²) in [6, 6.07) is 9.52. The van der Waals surface area contributed by atoms with Crippen LogP contribution in [0.2, 0.25) is 0 Å². The summed E-state index contributed by atoms with van der Waals surface area (Å²) in [5.41, 5.74) is 1.59. The van der Waals surface area contributed by atoms with Gasteiger partial charge in [0.25, 0.3) is 0 Å². The van der Waals surface area contributed by atoms with E-state index >= 15 is 0 Å². The second-order valence-electron chi connectivity index (χ2n) is 8.40. The number of ether oxygens (including phenoxy) is 2. The molecule has 1 atom stereocenters. The van der Waals surface area contributed by atoms with Crippen LogP contribution in [0.1, 0.15) is 49.4 Å². The summed E-state index contributed by atoms with van der Waals surface area (Å²) in [6.45, 7) is 4.09. The average Bonchev–Trinajstić information content (AvgIpc) is 3.25. The molecule has 0 amide bonds. The molecule has 2 heterocycles. The Hall–Kier alpha value is -2.43. The predicted molar refractivity (Wildman–Crippen MR) is 126 cm³/mol. The fourth-order valence-corrected chi connectivity index (χ4v) is 5.45. The van der Waals surface area contributed by atoms with E-state index in [0.29, 0.717) is 11.3 Å². The number of carboxylic acids is 1. The number of carboxylic acid groups (broad SMARTS) is 1. The van der Waals surface area contributed by atoms with Crippen LogP contribution in [0.5, 0.6) is 11.5 Å². The number of nitrogens with zero attached hydrogens (tertiary/aromatic N) is 1. The second-order valence-corrected chi connectivity index (χ2v) is 9.48. The molecular formula is C24H23F3INO4. The second kappa shape index (κ2) is 9.08. The molecule has 1 N–H and O–H groups in total. The van der Waals surface area contributed by atoms with Crippen molar-refractivity contribution in [2.24, 2.45) is 0 Å². The smallest absolute Gasteiger partial charge is 0.419 e. The number of halogens is 4. The van der Waals surface area contributed by atoms with Crippen LogP contribution in [0.3, 0.4) is 0 Å². The number of rotatable bonds is 7. The van der Waals surface area contributed by atoms with E-state index in [1.54, 1.807) is 26.0 Å². The Labute approximate surface area is 202 Å². The third-order valence-electron chi connectivity index (χ3n) is 5.64. The van der Waals surface area contributed by atoms with Crippen molar-refractivity contribution in [2.75, 3.05) is 0 Å². The van der Waals surface area contributed by atoms with Gasteiger partial charge in [0.05, 0.1) is 18.1 Å². The molecule has 0 aliphatic carbocycles. The van der Waals surface area contributed by atoms with E-state index in [-0.39, 0.29) is 30.8 Å². The van der Waals surface area contributed by atoms with Crippen molar-refractivity contribution < 1.29 is 32.5 Å². The molecule has 4 rings (SSSR count). The molecule has 0 radical (unpaired) electrons. The van der Waals surface area contributed by atoms with E-state index < -0.39 is 17.7 Å². The van der Waals surface area contributed by atoms with E-state index in [2.05, 4.69) is 27.2 Å². The standard InChI is InChI=1S/C24H23F3INO4/c1-13(2)33-20-6-3-14(9-18(20)24(25,26)27)12-32-16-4-5-19-17(11-16)22(28)23-15(10-21(30)31)7-8-29(19)23/h3-6,9,11,13,15H,7-8,10,12H2,1-2H3,(H,30,31). The molecule has 5 nitrogen and oxygen atoms in total. The minimum Gasteiger partial charge on any atom is -0.490 e. The average molecular weight is 573 g/mol. The lowest BCUT2D eigenvalue weighted by Crippen LogP contribution is -2.13. The van der Waals surface area contributed by atoms with Gasteiger partial charge in [-0.1, -0.05) is 6.07 Å². The molecular weight excluding hydrogens is 550 g/mol. The van der Waals surface area contributed by atoms with Gasteiger partial charge >= 0.3 is 12.1 Å². The zero-order valence-corrected chi connectivity index (χ0v) is 20.2. The highest BCUT2D eigenvalue weighted by molar-refractivity contribution is 14.1. The van der Waals surface area contributed by atoms with Gasteiger partial charge in [-0.3, -0.25) is 4.79 Å². The first kappa shape index (κ1) is 23.7. The number of aromatic nitrogens is 1. The van der Waals surface area contributed by atoms with Crippen molar-refractivity contribution in [3.05, 3.63) is 56.8 Å². The summed E-state index contributed by atoms with van der Waals surface area (Å²) >= 11 is 2.24. The lowest BCUT2D eigenvalue weighted by Gasteiger charge is -2.17. The van der Waals surface area contributed by atoms with Crippen LogP contribution in [-0.2, 0) is 24.1 Å². The number of hydrogen-bond donors (Lipinski definition) is 1. The third kappa shape index (κ3) is 4.92. The molecule has 2 aromatic carbocycles. The van der Waals surface area contributed by atoms with Crippen molar-refractivity contribution in [1.29, 1.82) is 0 Å². The highest BCUT2D eigenvalue weighted by atomic mass is 127. The zero-order valence-electron chi connectivity index (χ0n) is 18.1. The quantitative estimate of drug-likeness (QED) is 0.324. The largest absolute Gasteiger partial charge is 0.490 e. The monoisotopic (exact) mass is 573 g/mol. The molecule has 0 saturated carbocycles. The highest BCUT2D eigenvalue weighted by Gasteiger charge is 2.35. The molecule has 0 fully saturated rings. The van der Waals surface area contributed by atoms with E-state index in [0.717, 1.165) is 39.2 Å². The Morgan fingerprint density at radius 1 is 1.24 bits per heavy atom. The van der Waals surface area contributed by atoms with Gasteiger partial charge < -0.3 is 19.1 Å². The van der Waals surface area contributed by atoms with E-state index in [4.69, 9.17) is 9.47 Å². The van der Waals surface area contributed by atoms with Crippen LogP contribution in [0.4, 0.5) is 13.2 Å². The Morgan fingerprint density at radius 3 is 2.67 bits per heavy atom. The number of fused-ring (bicyclic) bond motifs is 3. The topological polar surface area (TPSA) is 60.7 Å². The van der Waals surface area contributed by atoms with Crippen molar-refractivity contribution in [2.45, 2.75) is 58.0 Å². The normalized spacial score (nSPS) is 15.8. The molecule has 9 heteroatoms. The Kier molecular flexibility index (Phi) is 6.52. The number of alkyl halides is 3. The third-order valence-corrected chi connectivity index (χ3v) is 6.77. The molecule has 0 saturated heterocycles. The zero-order chi connectivity index (χ0) is 23.9. The molecule has 1 aliphatic rings. The molecule has 1 aromatic heterocycles. The summed E-state index contributed by atoms with van der Waals surface area (Å²) in [6.07, 6.45) is -4.02. The number of carbonyl (C=O) groups is 1. The lowest BCUT2D eigenvalue weighted by atomic mass is 10.0. The van der Waals surface area contributed by atoms with Gasteiger partial charge in [0, 0.05) is 32.6 Å². The maximum atomic E-state index is 13.5. The molecule has 176 valence electrons. The van der Waals surface area contributed by atoms with Crippen molar-refractivity contribution >= 4 is 39.5 Å². The van der Waals surface area contributed by atoms with E-state index in [9.17, 15) is 23.1 Å². The van der Waals surface area contributed by atoms with Gasteiger partial charge in [0.15, 0.2) is 0 Å². The van der Waals surface area contributed by atoms with Crippen LogP contribution in [0, 0.1) is 3.57 Å². The van der Waals surface area contributed by atoms with Crippen molar-refractivity contribution in [1.82, 2.24) is 4.57 Å². The summed E-state index contributed by atoms with van der Waals surface area (Å²) in [4.78, 5) is 11.2. The van der Waals surface area contributed by atoms with Crippen LogP contribution in [0.15, 0.2) is 36.4 Å². The number of benzene rings is 2. The summed E-state index contributed by atoms with van der Waals surface area (Å²) in [5.74, 6) is -0.507. The van der Waals surface area contributed by atoms with Crippen LogP contribution in [-0.4, -0.2) is 21.7 Å². The molecule has 3 aromatic rings. The minimum absolute atomic E-state index is 0.0255. The molecule has 33 heavy (non-hydrogen) atoms. The maximum absolute atomic E-state index is 13.5. The Bertz CT molecular complexity index is 1200. The maximum Gasteiger partial charge on any atom is 0.419 e. The van der Waals surface area contributed by atoms with E-state index in [1.807, 2.05) is 12.1 Å². The van der Waals surface area contributed by atoms with E-state index in [1.165, 1.54) is 6.07 Å². The first-order valence-corrected chi connectivity index (χ1v) is 11.7. The molecule has 0 bridgehead atoms. The highest BCUT2D eigenvalue weighted by Crippen LogP contribution is 2.42. The van der Waals surface area contributed by atoms with Gasteiger partial charge in [-0.25, -0.2) is 0 Å². The summed E-state index contributed by atoms with van der Waals surface area (Å²) < 4.78 is 54.7. The number of aliphatic carboxylic acids is 1. The van der Waals surface area contributed by atoms with Gasteiger partial charge in [-0.2, -0.15) is 13.2 Å². The van der Waals surface area contributed by atoms with Crippen molar-refractivity contribution in [3.63, 3.8) is 0 Å². The van der Waals surface area contributed by atoms with Gasteiger partial charge in [-0.15, -0.1) is 0 Å². The predicted octanol–water partition coefficient (Wildman–Crippen LogP) is 6.59. The number of hydrogen-bond acceptors (Lipinski definition) is 3.